The van der Waals surface area contributed by atoms with Crippen LogP contribution < -0.4 is 0 Å². The zero-order valence-electron chi connectivity index (χ0n) is 14.4. The van der Waals surface area contributed by atoms with E-state index in [0.29, 0.717) is 5.25 Å². The van der Waals surface area contributed by atoms with E-state index in [-0.39, 0.29) is 5.91 Å². The molecule has 6 nitrogen and oxygen atoms in total. The first kappa shape index (κ1) is 16.4. The van der Waals surface area contributed by atoms with Gasteiger partial charge in [0.05, 0.1) is 17.8 Å². The fraction of sp³-hybridized carbons (Fsp3) is 0.688. The molecule has 1 aromatic rings. The number of nitrogens with zero attached hydrogens (tertiary/aromatic N) is 5. The standard InChI is InChI=1S/C16H25N5OS/c1-5-21-13(4)14(12(3)18-21)15(22)19-6-8-20(9-7-19)16-17-10-11(2)23-16/h11H,5-10H2,1-4H3. The Morgan fingerprint density at radius 3 is 2.48 bits per heavy atom. The van der Waals surface area contributed by atoms with Gasteiger partial charge in [0.1, 0.15) is 0 Å². The molecule has 3 heterocycles. The molecule has 23 heavy (non-hydrogen) atoms. The van der Waals surface area contributed by atoms with Crippen molar-refractivity contribution >= 4 is 22.8 Å². The highest BCUT2D eigenvalue weighted by Crippen LogP contribution is 2.24. The molecule has 0 aliphatic carbocycles. The van der Waals surface area contributed by atoms with E-state index in [1.165, 1.54) is 0 Å². The lowest BCUT2D eigenvalue weighted by molar-refractivity contribution is 0.0692. The summed E-state index contributed by atoms with van der Waals surface area (Å²) >= 11 is 1.85. The number of amidine groups is 1. The van der Waals surface area contributed by atoms with Gasteiger partial charge < -0.3 is 9.80 Å². The number of hydrogen-bond acceptors (Lipinski definition) is 5. The Hall–Kier alpha value is -1.50. The van der Waals surface area contributed by atoms with Crippen molar-refractivity contribution in [2.75, 3.05) is 32.7 Å². The SMILES string of the molecule is CCn1nc(C)c(C(=O)N2CCN(C3=NCC(C)S3)CC2)c1C. The Kier molecular flexibility index (Phi) is 4.66. The molecule has 2 aliphatic heterocycles. The maximum Gasteiger partial charge on any atom is 0.257 e. The number of carbonyl (C=O) groups is 1. The second-order valence-corrected chi connectivity index (χ2v) is 7.60. The van der Waals surface area contributed by atoms with Crippen LogP contribution in [0.5, 0.6) is 0 Å². The van der Waals surface area contributed by atoms with E-state index < -0.39 is 0 Å². The van der Waals surface area contributed by atoms with Crippen LogP contribution in [0.25, 0.3) is 0 Å². The van der Waals surface area contributed by atoms with Gasteiger partial charge in [-0.2, -0.15) is 5.10 Å². The quantitative estimate of drug-likeness (QED) is 0.826. The average Bonchev–Trinajstić information content (AvgIpc) is 3.10. The summed E-state index contributed by atoms with van der Waals surface area (Å²) in [5.41, 5.74) is 2.59. The van der Waals surface area contributed by atoms with Gasteiger partial charge in [0.25, 0.3) is 5.91 Å². The number of piperazine rings is 1. The number of hydrogen-bond donors (Lipinski definition) is 0. The number of thioether (sulfide) groups is 1. The molecule has 0 saturated carbocycles. The van der Waals surface area contributed by atoms with E-state index in [9.17, 15) is 4.79 Å². The summed E-state index contributed by atoms with van der Waals surface area (Å²) in [6, 6.07) is 0. The molecule has 0 radical (unpaired) electrons. The first-order valence-corrected chi connectivity index (χ1v) is 9.18. The van der Waals surface area contributed by atoms with Crippen LogP contribution in [0.3, 0.4) is 0 Å². The van der Waals surface area contributed by atoms with Crippen molar-refractivity contribution in [1.82, 2.24) is 19.6 Å². The van der Waals surface area contributed by atoms with Crippen molar-refractivity contribution in [3.8, 4) is 0 Å². The molecule has 0 spiro atoms. The van der Waals surface area contributed by atoms with Gasteiger partial charge in [0, 0.05) is 43.7 Å². The molecule has 1 unspecified atom stereocenters. The summed E-state index contributed by atoms with van der Waals surface area (Å²) in [5, 5.41) is 6.19. The highest BCUT2D eigenvalue weighted by molar-refractivity contribution is 8.14. The van der Waals surface area contributed by atoms with Crippen molar-refractivity contribution in [2.45, 2.75) is 39.5 Å². The predicted octanol–water partition coefficient (Wildman–Crippen LogP) is 1.77. The molecule has 2 aliphatic rings. The number of amides is 1. The average molecular weight is 335 g/mol. The van der Waals surface area contributed by atoms with Crippen molar-refractivity contribution in [2.24, 2.45) is 4.99 Å². The number of aromatic nitrogens is 2. The van der Waals surface area contributed by atoms with Crippen LogP contribution in [0.15, 0.2) is 4.99 Å². The molecule has 1 saturated heterocycles. The highest BCUT2D eigenvalue weighted by atomic mass is 32.2. The summed E-state index contributed by atoms with van der Waals surface area (Å²) in [5.74, 6) is 0.119. The topological polar surface area (TPSA) is 53.7 Å². The highest BCUT2D eigenvalue weighted by Gasteiger charge is 2.29. The molecular formula is C16H25N5OS. The third kappa shape index (κ3) is 3.11. The first-order valence-electron chi connectivity index (χ1n) is 8.30. The minimum atomic E-state index is 0.119. The van der Waals surface area contributed by atoms with Gasteiger partial charge in [-0.1, -0.05) is 18.7 Å². The molecular weight excluding hydrogens is 310 g/mol. The van der Waals surface area contributed by atoms with Crippen molar-refractivity contribution in [3.05, 3.63) is 17.0 Å². The maximum atomic E-state index is 12.9. The number of aryl methyl sites for hydroxylation is 2. The number of aliphatic imine (C=N–C) groups is 1. The lowest BCUT2D eigenvalue weighted by Crippen LogP contribution is -2.50. The molecule has 0 bridgehead atoms. The van der Waals surface area contributed by atoms with E-state index in [4.69, 9.17) is 0 Å². The van der Waals surface area contributed by atoms with Gasteiger partial charge in [-0.15, -0.1) is 0 Å². The van der Waals surface area contributed by atoms with Crippen LogP contribution in [0.1, 0.15) is 35.6 Å². The molecule has 1 fully saturated rings. The van der Waals surface area contributed by atoms with Gasteiger partial charge in [-0.05, 0) is 20.8 Å². The lowest BCUT2D eigenvalue weighted by atomic mass is 10.1. The van der Waals surface area contributed by atoms with Crippen molar-refractivity contribution < 1.29 is 4.79 Å². The van der Waals surface area contributed by atoms with Crippen LogP contribution in [-0.4, -0.2) is 68.6 Å². The fourth-order valence-electron chi connectivity index (χ4n) is 3.21. The van der Waals surface area contributed by atoms with E-state index in [0.717, 1.165) is 61.4 Å². The van der Waals surface area contributed by atoms with Crippen LogP contribution in [-0.2, 0) is 6.54 Å². The molecule has 126 valence electrons. The van der Waals surface area contributed by atoms with Crippen LogP contribution in [0.4, 0.5) is 0 Å². The molecule has 0 N–H and O–H groups in total. The largest absolute Gasteiger partial charge is 0.348 e. The van der Waals surface area contributed by atoms with Gasteiger partial charge >= 0.3 is 0 Å². The van der Waals surface area contributed by atoms with E-state index >= 15 is 0 Å². The summed E-state index contributed by atoms with van der Waals surface area (Å²) in [4.78, 5) is 21.7. The number of carbonyl (C=O) groups excluding carboxylic acids is 1. The minimum absolute atomic E-state index is 0.119. The molecule has 3 rings (SSSR count). The second-order valence-electron chi connectivity index (χ2n) is 6.19. The maximum absolute atomic E-state index is 12.9. The Labute approximate surface area is 141 Å². The van der Waals surface area contributed by atoms with Gasteiger partial charge in [-0.3, -0.25) is 14.5 Å². The van der Waals surface area contributed by atoms with Crippen LogP contribution in [0, 0.1) is 13.8 Å². The monoisotopic (exact) mass is 335 g/mol. The molecule has 1 amide bonds. The molecule has 7 heteroatoms. The van der Waals surface area contributed by atoms with E-state index in [1.807, 2.05) is 42.1 Å². The van der Waals surface area contributed by atoms with Crippen molar-refractivity contribution in [3.63, 3.8) is 0 Å². The minimum Gasteiger partial charge on any atom is -0.348 e. The van der Waals surface area contributed by atoms with Gasteiger partial charge in [-0.25, -0.2) is 0 Å². The Morgan fingerprint density at radius 2 is 1.96 bits per heavy atom. The first-order chi connectivity index (χ1) is 11.0. The Morgan fingerprint density at radius 1 is 1.26 bits per heavy atom. The summed E-state index contributed by atoms with van der Waals surface area (Å²) in [6.45, 7) is 13.1. The zero-order valence-corrected chi connectivity index (χ0v) is 15.2. The van der Waals surface area contributed by atoms with E-state index in [2.05, 4.69) is 21.9 Å². The third-order valence-corrected chi connectivity index (χ3v) is 5.67. The number of rotatable bonds is 2. The zero-order chi connectivity index (χ0) is 16.6. The second kappa shape index (κ2) is 6.55. The smallest absolute Gasteiger partial charge is 0.257 e. The lowest BCUT2D eigenvalue weighted by Gasteiger charge is -2.35. The van der Waals surface area contributed by atoms with Gasteiger partial charge in [0.15, 0.2) is 5.17 Å². The molecule has 1 atom stereocenters. The molecule has 1 aromatic heterocycles. The van der Waals surface area contributed by atoms with Crippen LogP contribution in [0.2, 0.25) is 0 Å². The molecule has 0 aromatic carbocycles. The van der Waals surface area contributed by atoms with Gasteiger partial charge in [0.2, 0.25) is 0 Å². The predicted molar refractivity (Wildman–Crippen MR) is 94.2 cm³/mol. The Balaban J connectivity index is 1.66. The Bertz CT molecular complexity index is 631. The van der Waals surface area contributed by atoms with Crippen molar-refractivity contribution in [1.29, 1.82) is 0 Å². The third-order valence-electron chi connectivity index (χ3n) is 4.52. The fourth-order valence-corrected chi connectivity index (χ4v) is 4.20. The normalized spacial score (nSPS) is 21.7. The summed E-state index contributed by atoms with van der Waals surface area (Å²) in [6.07, 6.45) is 0. The summed E-state index contributed by atoms with van der Waals surface area (Å²) in [7, 11) is 0. The van der Waals surface area contributed by atoms with E-state index in [1.54, 1.807) is 0 Å². The van der Waals surface area contributed by atoms with Crippen LogP contribution >= 0.6 is 11.8 Å². The summed E-state index contributed by atoms with van der Waals surface area (Å²) < 4.78 is 1.91.